The van der Waals surface area contributed by atoms with Crippen molar-refractivity contribution in [3.8, 4) is 5.75 Å². The second-order valence-corrected chi connectivity index (χ2v) is 9.40. The van der Waals surface area contributed by atoms with E-state index in [4.69, 9.17) is 4.74 Å². The fraction of sp³-hybridized carbons (Fsp3) is 0.273. The van der Waals surface area contributed by atoms with E-state index < -0.39 is 0 Å². The number of amides is 1. The fourth-order valence-electron chi connectivity index (χ4n) is 3.80. The van der Waals surface area contributed by atoms with Gasteiger partial charge in [-0.15, -0.1) is 22.7 Å². The Kier molecular flexibility index (Phi) is 5.04. The molecular formula is C22H20FN3O2S2. The molecule has 0 atom stereocenters. The summed E-state index contributed by atoms with van der Waals surface area (Å²) in [6.45, 7) is 4.71. The van der Waals surface area contributed by atoms with Crippen LogP contribution >= 0.6 is 22.7 Å². The summed E-state index contributed by atoms with van der Waals surface area (Å²) in [4.78, 5) is 21.4. The van der Waals surface area contributed by atoms with Gasteiger partial charge in [0, 0.05) is 43.3 Å². The van der Waals surface area contributed by atoms with E-state index in [0.29, 0.717) is 13.1 Å². The molecule has 5 rings (SSSR count). The number of aryl methyl sites for hydroxylation is 1. The number of carbonyl (C=O) groups is 1. The first kappa shape index (κ1) is 19.3. The highest BCUT2D eigenvalue weighted by Gasteiger charge is 2.22. The molecule has 0 unspecified atom stereocenters. The van der Waals surface area contributed by atoms with Crippen LogP contribution in [0.15, 0.2) is 41.8 Å². The standard InChI is InChI=1S/C22H20FN3O2S2/c1-14-24-21-19(30-14)12-18(17-6-11-29-22(17)21)28-13-20(27)26-9-7-25(8-10-26)16-4-2-15(23)3-5-16/h2-6,11-12H,7-10,13H2,1H3. The summed E-state index contributed by atoms with van der Waals surface area (Å²) >= 11 is 3.28. The summed E-state index contributed by atoms with van der Waals surface area (Å²) < 4.78 is 21.3. The number of hydrogen-bond donors (Lipinski definition) is 0. The lowest BCUT2D eigenvalue weighted by Gasteiger charge is -2.36. The van der Waals surface area contributed by atoms with Gasteiger partial charge in [-0.3, -0.25) is 4.79 Å². The predicted octanol–water partition coefficient (Wildman–Crippen LogP) is 4.69. The van der Waals surface area contributed by atoms with Crippen LogP contribution in [-0.2, 0) is 4.79 Å². The molecule has 3 heterocycles. The van der Waals surface area contributed by atoms with Crippen LogP contribution in [0.2, 0.25) is 0 Å². The minimum Gasteiger partial charge on any atom is -0.483 e. The van der Waals surface area contributed by atoms with Gasteiger partial charge in [0.25, 0.3) is 5.91 Å². The Labute approximate surface area is 181 Å². The molecule has 0 saturated carbocycles. The van der Waals surface area contributed by atoms with Crippen LogP contribution in [-0.4, -0.2) is 48.6 Å². The van der Waals surface area contributed by atoms with E-state index in [1.54, 1.807) is 34.8 Å². The van der Waals surface area contributed by atoms with Crippen LogP contribution in [0.4, 0.5) is 10.1 Å². The van der Waals surface area contributed by atoms with Gasteiger partial charge in [-0.25, -0.2) is 9.37 Å². The Balaban J connectivity index is 1.24. The number of halogens is 1. The van der Waals surface area contributed by atoms with Crippen molar-refractivity contribution in [2.24, 2.45) is 0 Å². The summed E-state index contributed by atoms with van der Waals surface area (Å²) in [5, 5.41) is 4.06. The Bertz CT molecular complexity index is 1210. The van der Waals surface area contributed by atoms with Crippen LogP contribution in [0, 0.1) is 12.7 Å². The molecule has 0 aliphatic carbocycles. The van der Waals surface area contributed by atoms with Crippen LogP contribution in [0.25, 0.3) is 20.3 Å². The first-order chi connectivity index (χ1) is 14.6. The highest BCUT2D eigenvalue weighted by atomic mass is 32.1. The molecule has 1 aliphatic heterocycles. The molecule has 2 aromatic heterocycles. The third-order valence-corrected chi connectivity index (χ3v) is 7.18. The number of thiazole rings is 1. The maximum absolute atomic E-state index is 13.1. The number of aromatic nitrogens is 1. The molecule has 1 saturated heterocycles. The van der Waals surface area contributed by atoms with Crippen molar-refractivity contribution in [2.45, 2.75) is 6.92 Å². The number of anilines is 1. The molecule has 2 aromatic carbocycles. The maximum atomic E-state index is 13.1. The number of benzene rings is 2. The topological polar surface area (TPSA) is 45.7 Å². The maximum Gasteiger partial charge on any atom is 0.260 e. The van der Waals surface area contributed by atoms with E-state index in [0.717, 1.165) is 49.8 Å². The summed E-state index contributed by atoms with van der Waals surface area (Å²) in [6.07, 6.45) is 0. The molecule has 4 aromatic rings. The molecule has 0 radical (unpaired) electrons. The van der Waals surface area contributed by atoms with Gasteiger partial charge in [0.2, 0.25) is 0 Å². The monoisotopic (exact) mass is 441 g/mol. The fourth-order valence-corrected chi connectivity index (χ4v) is 5.64. The zero-order valence-corrected chi connectivity index (χ0v) is 18.1. The van der Waals surface area contributed by atoms with E-state index in [2.05, 4.69) is 9.88 Å². The zero-order chi connectivity index (χ0) is 20.7. The first-order valence-corrected chi connectivity index (χ1v) is 11.5. The van der Waals surface area contributed by atoms with Gasteiger partial charge in [0.05, 0.1) is 19.9 Å². The molecule has 8 heteroatoms. The molecule has 0 spiro atoms. The number of carbonyl (C=O) groups excluding carboxylic acids is 1. The van der Waals surface area contributed by atoms with Crippen LogP contribution in [0.1, 0.15) is 5.01 Å². The molecule has 1 aliphatic rings. The summed E-state index contributed by atoms with van der Waals surface area (Å²) in [5.41, 5.74) is 1.99. The minimum absolute atomic E-state index is 0.0160. The quantitative estimate of drug-likeness (QED) is 0.461. The molecule has 0 bridgehead atoms. The van der Waals surface area contributed by atoms with E-state index in [1.165, 1.54) is 12.1 Å². The van der Waals surface area contributed by atoms with Gasteiger partial charge >= 0.3 is 0 Å². The normalized spacial score (nSPS) is 14.6. The van der Waals surface area contributed by atoms with Crippen molar-refractivity contribution in [3.63, 3.8) is 0 Å². The average Bonchev–Trinajstić information content (AvgIpc) is 3.38. The van der Waals surface area contributed by atoms with Crippen LogP contribution in [0.3, 0.4) is 0 Å². The van der Waals surface area contributed by atoms with Gasteiger partial charge in [-0.1, -0.05) is 0 Å². The van der Waals surface area contributed by atoms with E-state index in [-0.39, 0.29) is 18.3 Å². The Morgan fingerprint density at radius 2 is 1.93 bits per heavy atom. The second kappa shape index (κ2) is 7.85. The van der Waals surface area contributed by atoms with Gasteiger partial charge in [-0.2, -0.15) is 0 Å². The third-order valence-electron chi connectivity index (χ3n) is 5.34. The lowest BCUT2D eigenvalue weighted by molar-refractivity contribution is -0.133. The highest BCUT2D eigenvalue weighted by molar-refractivity contribution is 7.21. The van der Waals surface area contributed by atoms with Crippen molar-refractivity contribution in [1.82, 2.24) is 9.88 Å². The summed E-state index contributed by atoms with van der Waals surface area (Å²) in [5.74, 6) is 0.481. The smallest absolute Gasteiger partial charge is 0.260 e. The number of thiophene rings is 1. The Hall–Kier alpha value is -2.71. The second-order valence-electron chi connectivity index (χ2n) is 7.25. The van der Waals surface area contributed by atoms with Gasteiger partial charge in [0.15, 0.2) is 6.61 Å². The average molecular weight is 442 g/mol. The van der Waals surface area contributed by atoms with Crippen LogP contribution in [0.5, 0.6) is 5.75 Å². The predicted molar refractivity (Wildman–Crippen MR) is 120 cm³/mol. The van der Waals surface area contributed by atoms with Crippen molar-refractivity contribution in [3.05, 3.63) is 52.6 Å². The van der Waals surface area contributed by atoms with E-state index in [9.17, 15) is 9.18 Å². The molecule has 1 amide bonds. The van der Waals surface area contributed by atoms with Gasteiger partial charge < -0.3 is 14.5 Å². The molecule has 1 fully saturated rings. The van der Waals surface area contributed by atoms with Gasteiger partial charge in [-0.05, 0) is 42.6 Å². The summed E-state index contributed by atoms with van der Waals surface area (Å²) in [6, 6.07) is 10.5. The molecule has 30 heavy (non-hydrogen) atoms. The lowest BCUT2D eigenvalue weighted by atomic mass is 10.2. The molecular weight excluding hydrogens is 421 g/mol. The Morgan fingerprint density at radius 1 is 1.17 bits per heavy atom. The summed E-state index contributed by atoms with van der Waals surface area (Å²) in [7, 11) is 0. The number of ether oxygens (including phenoxy) is 1. The zero-order valence-electron chi connectivity index (χ0n) is 16.4. The number of hydrogen-bond acceptors (Lipinski definition) is 6. The Morgan fingerprint density at radius 3 is 2.70 bits per heavy atom. The number of piperazine rings is 1. The van der Waals surface area contributed by atoms with Gasteiger partial charge in [0.1, 0.15) is 11.6 Å². The number of nitrogens with zero attached hydrogens (tertiary/aromatic N) is 3. The first-order valence-electron chi connectivity index (χ1n) is 9.77. The lowest BCUT2D eigenvalue weighted by Crippen LogP contribution is -2.50. The number of rotatable bonds is 4. The van der Waals surface area contributed by atoms with E-state index in [1.807, 2.05) is 29.3 Å². The van der Waals surface area contributed by atoms with Crippen LogP contribution < -0.4 is 9.64 Å². The highest BCUT2D eigenvalue weighted by Crippen LogP contribution is 2.38. The van der Waals surface area contributed by atoms with Crippen molar-refractivity contribution >= 4 is 54.6 Å². The van der Waals surface area contributed by atoms with Crippen molar-refractivity contribution < 1.29 is 13.9 Å². The minimum atomic E-state index is -0.240. The molecule has 0 N–H and O–H groups in total. The third kappa shape index (κ3) is 3.61. The molecule has 154 valence electrons. The van der Waals surface area contributed by atoms with Crippen molar-refractivity contribution in [1.29, 1.82) is 0 Å². The van der Waals surface area contributed by atoms with E-state index >= 15 is 0 Å². The largest absolute Gasteiger partial charge is 0.483 e. The SMILES string of the molecule is Cc1nc2c(cc(OCC(=O)N3CCN(c4ccc(F)cc4)CC3)c3ccsc32)s1. The number of fused-ring (bicyclic) bond motifs is 3. The van der Waals surface area contributed by atoms with Crippen molar-refractivity contribution in [2.75, 3.05) is 37.7 Å². The molecule has 5 nitrogen and oxygen atoms in total.